The lowest BCUT2D eigenvalue weighted by molar-refractivity contribution is -0.138. The highest BCUT2D eigenvalue weighted by atomic mass is 35.5. The molecule has 2 aromatic carbocycles. The van der Waals surface area contributed by atoms with Crippen molar-refractivity contribution in [1.29, 1.82) is 0 Å². The average molecular weight is 447 g/mol. The van der Waals surface area contributed by atoms with Crippen LogP contribution in [0.1, 0.15) is 31.9 Å². The summed E-state index contributed by atoms with van der Waals surface area (Å²) in [6.45, 7) is 7.01. The summed E-state index contributed by atoms with van der Waals surface area (Å²) in [5, 5.41) is 3.66. The smallest absolute Gasteiger partial charge is 0.242 e. The Balaban J connectivity index is 1.99. The Morgan fingerprint density at radius 2 is 1.70 bits per heavy atom. The molecule has 0 spiro atoms. The van der Waals surface area contributed by atoms with Gasteiger partial charge in [-0.15, -0.1) is 11.8 Å². The van der Waals surface area contributed by atoms with E-state index in [-0.39, 0.29) is 11.8 Å². The highest BCUT2D eigenvalue weighted by molar-refractivity contribution is 7.99. The molecule has 2 amide bonds. The first kappa shape index (κ1) is 24.3. The minimum Gasteiger partial charge on any atom is -0.354 e. The molecule has 1 atom stereocenters. The molecular formula is C24H31ClN2O2S. The first-order valence-electron chi connectivity index (χ1n) is 10.3. The van der Waals surface area contributed by atoms with Crippen molar-refractivity contribution in [3.63, 3.8) is 0 Å². The maximum absolute atomic E-state index is 13.0. The standard InChI is InChI=1S/C24H31ClN2O2S/c1-18(2)15-26-24(29)19(3)27(14-13-20-9-5-4-6-10-20)23(28)17-30-16-21-11-7-8-12-22(21)25/h4-12,18-19H,13-17H2,1-3H3,(H,26,29)/t19-/m0/s1. The minimum absolute atomic E-state index is 0.0322. The number of amides is 2. The second kappa shape index (κ2) is 12.7. The van der Waals surface area contributed by atoms with Gasteiger partial charge in [-0.2, -0.15) is 0 Å². The predicted molar refractivity (Wildman–Crippen MR) is 127 cm³/mol. The van der Waals surface area contributed by atoms with E-state index in [1.807, 2.05) is 54.6 Å². The van der Waals surface area contributed by atoms with E-state index in [1.54, 1.807) is 11.8 Å². The van der Waals surface area contributed by atoms with Crippen molar-refractivity contribution in [3.8, 4) is 0 Å². The van der Waals surface area contributed by atoms with Crippen LogP contribution in [0.5, 0.6) is 0 Å². The zero-order chi connectivity index (χ0) is 21.9. The summed E-state index contributed by atoms with van der Waals surface area (Å²) in [7, 11) is 0. The van der Waals surface area contributed by atoms with Crippen molar-refractivity contribution in [2.75, 3.05) is 18.8 Å². The van der Waals surface area contributed by atoms with Crippen molar-refractivity contribution >= 4 is 35.2 Å². The van der Waals surface area contributed by atoms with E-state index in [0.29, 0.717) is 42.0 Å². The van der Waals surface area contributed by atoms with Crippen molar-refractivity contribution in [2.24, 2.45) is 5.92 Å². The summed E-state index contributed by atoms with van der Waals surface area (Å²) in [4.78, 5) is 27.3. The van der Waals surface area contributed by atoms with E-state index >= 15 is 0 Å². The summed E-state index contributed by atoms with van der Waals surface area (Å²) >= 11 is 7.73. The Morgan fingerprint density at radius 1 is 1.03 bits per heavy atom. The Hall–Kier alpha value is -1.98. The van der Waals surface area contributed by atoms with Gasteiger partial charge in [-0.05, 0) is 36.5 Å². The average Bonchev–Trinajstić information content (AvgIpc) is 2.74. The van der Waals surface area contributed by atoms with Gasteiger partial charge in [0.25, 0.3) is 0 Å². The van der Waals surface area contributed by atoms with Gasteiger partial charge >= 0.3 is 0 Å². The van der Waals surface area contributed by atoms with Crippen molar-refractivity contribution in [2.45, 2.75) is 39.0 Å². The number of hydrogen-bond acceptors (Lipinski definition) is 3. The summed E-state index contributed by atoms with van der Waals surface area (Å²) in [5.41, 5.74) is 2.16. The molecule has 0 radical (unpaired) electrons. The lowest BCUT2D eigenvalue weighted by Crippen LogP contribution is -2.50. The van der Waals surface area contributed by atoms with Gasteiger partial charge in [0.15, 0.2) is 0 Å². The molecule has 30 heavy (non-hydrogen) atoms. The van der Waals surface area contributed by atoms with Crippen LogP contribution in [0.25, 0.3) is 0 Å². The second-order valence-electron chi connectivity index (χ2n) is 7.72. The number of nitrogens with zero attached hydrogens (tertiary/aromatic N) is 1. The van der Waals surface area contributed by atoms with Gasteiger partial charge in [0.2, 0.25) is 11.8 Å². The lowest BCUT2D eigenvalue weighted by atomic mass is 10.1. The molecule has 0 saturated carbocycles. The van der Waals surface area contributed by atoms with E-state index in [1.165, 1.54) is 11.8 Å². The Morgan fingerprint density at radius 3 is 2.37 bits per heavy atom. The fourth-order valence-electron chi connectivity index (χ4n) is 2.97. The highest BCUT2D eigenvalue weighted by Gasteiger charge is 2.25. The van der Waals surface area contributed by atoms with E-state index in [0.717, 1.165) is 11.1 Å². The quantitative estimate of drug-likeness (QED) is 0.539. The van der Waals surface area contributed by atoms with Gasteiger partial charge in [-0.1, -0.05) is 74.0 Å². The summed E-state index contributed by atoms with van der Waals surface area (Å²) in [6.07, 6.45) is 0.712. The molecule has 6 heteroatoms. The largest absolute Gasteiger partial charge is 0.354 e. The number of benzene rings is 2. The third-order valence-electron chi connectivity index (χ3n) is 4.78. The fourth-order valence-corrected chi connectivity index (χ4v) is 4.17. The molecule has 0 bridgehead atoms. The highest BCUT2D eigenvalue weighted by Crippen LogP contribution is 2.21. The van der Waals surface area contributed by atoms with Crippen LogP contribution in [0.15, 0.2) is 54.6 Å². The molecule has 0 fully saturated rings. The lowest BCUT2D eigenvalue weighted by Gasteiger charge is -2.29. The number of carbonyl (C=O) groups is 2. The second-order valence-corrected chi connectivity index (χ2v) is 9.11. The van der Waals surface area contributed by atoms with Crippen LogP contribution >= 0.6 is 23.4 Å². The Kier molecular flexibility index (Phi) is 10.2. The van der Waals surface area contributed by atoms with Crippen LogP contribution in [-0.2, 0) is 21.8 Å². The molecule has 4 nitrogen and oxygen atoms in total. The van der Waals surface area contributed by atoms with Crippen molar-refractivity contribution < 1.29 is 9.59 Å². The van der Waals surface area contributed by atoms with Crippen molar-refractivity contribution in [1.82, 2.24) is 10.2 Å². The fraction of sp³-hybridized carbons (Fsp3) is 0.417. The number of rotatable bonds is 11. The van der Waals surface area contributed by atoms with Gasteiger partial charge in [-0.25, -0.2) is 0 Å². The molecule has 162 valence electrons. The monoisotopic (exact) mass is 446 g/mol. The number of hydrogen-bond donors (Lipinski definition) is 1. The van der Waals surface area contributed by atoms with E-state index < -0.39 is 6.04 Å². The van der Waals surface area contributed by atoms with Crippen LogP contribution in [0.3, 0.4) is 0 Å². The third kappa shape index (κ3) is 8.04. The third-order valence-corrected chi connectivity index (χ3v) is 6.11. The predicted octanol–water partition coefficient (Wildman–Crippen LogP) is 4.81. The van der Waals surface area contributed by atoms with Crippen LogP contribution in [-0.4, -0.2) is 41.6 Å². The first-order valence-corrected chi connectivity index (χ1v) is 11.8. The maximum atomic E-state index is 13.0. The Bertz CT molecular complexity index is 814. The van der Waals surface area contributed by atoms with E-state index in [4.69, 9.17) is 11.6 Å². The van der Waals surface area contributed by atoms with E-state index in [2.05, 4.69) is 19.2 Å². The van der Waals surface area contributed by atoms with Gasteiger partial charge in [0, 0.05) is 23.9 Å². The summed E-state index contributed by atoms with van der Waals surface area (Å²) in [6, 6.07) is 17.2. The first-order chi connectivity index (χ1) is 14.4. The van der Waals surface area contributed by atoms with Crippen LogP contribution in [0, 0.1) is 5.92 Å². The van der Waals surface area contributed by atoms with E-state index in [9.17, 15) is 9.59 Å². The molecule has 2 aromatic rings. The molecule has 0 saturated heterocycles. The van der Waals surface area contributed by atoms with Crippen LogP contribution in [0.4, 0.5) is 0 Å². The number of thioether (sulfide) groups is 1. The van der Waals surface area contributed by atoms with Gasteiger partial charge in [-0.3, -0.25) is 9.59 Å². The zero-order valence-electron chi connectivity index (χ0n) is 17.9. The number of carbonyl (C=O) groups excluding carboxylic acids is 2. The van der Waals surface area contributed by atoms with Gasteiger partial charge < -0.3 is 10.2 Å². The van der Waals surface area contributed by atoms with Crippen LogP contribution < -0.4 is 5.32 Å². The zero-order valence-corrected chi connectivity index (χ0v) is 19.5. The topological polar surface area (TPSA) is 49.4 Å². The van der Waals surface area contributed by atoms with Gasteiger partial charge in [0.1, 0.15) is 6.04 Å². The minimum atomic E-state index is -0.513. The van der Waals surface area contributed by atoms with Crippen molar-refractivity contribution in [3.05, 3.63) is 70.7 Å². The van der Waals surface area contributed by atoms with Gasteiger partial charge in [0.05, 0.1) is 5.75 Å². The Labute approximate surface area is 189 Å². The normalized spacial score (nSPS) is 11.9. The number of halogens is 1. The molecule has 0 heterocycles. The molecular weight excluding hydrogens is 416 g/mol. The molecule has 0 aromatic heterocycles. The summed E-state index contributed by atoms with van der Waals surface area (Å²) < 4.78 is 0. The molecule has 0 aliphatic heterocycles. The molecule has 2 rings (SSSR count). The molecule has 1 N–H and O–H groups in total. The molecule has 0 aliphatic carbocycles. The number of nitrogens with one attached hydrogen (secondary N) is 1. The maximum Gasteiger partial charge on any atom is 0.242 e. The summed E-state index contributed by atoms with van der Waals surface area (Å²) in [5.74, 6) is 1.19. The molecule has 0 aliphatic rings. The SMILES string of the molecule is CC(C)CNC(=O)[C@H](C)N(CCc1ccccc1)C(=O)CSCc1ccccc1Cl. The van der Waals surface area contributed by atoms with Crippen LogP contribution in [0.2, 0.25) is 5.02 Å². The molecule has 0 unspecified atom stereocenters.